The molecule has 0 bridgehead atoms. The van der Waals surface area contributed by atoms with Crippen LogP contribution in [0.25, 0.3) is 11.4 Å². The molecule has 0 saturated heterocycles. The molecule has 2 heterocycles. The molecule has 0 unspecified atom stereocenters. The van der Waals surface area contributed by atoms with E-state index in [1.807, 2.05) is 24.3 Å². The highest BCUT2D eigenvalue weighted by Crippen LogP contribution is 2.32. The minimum atomic E-state index is -4.71. The molecular weight excluding hydrogens is 586 g/mol. The predicted octanol–water partition coefficient (Wildman–Crippen LogP) is 5.84. The number of halogens is 6. The van der Waals surface area contributed by atoms with Crippen LogP contribution >= 0.6 is 0 Å². The summed E-state index contributed by atoms with van der Waals surface area (Å²) in [7, 11) is -3.81. The Kier molecular flexibility index (Phi) is 7.94. The summed E-state index contributed by atoms with van der Waals surface area (Å²) < 4.78 is 111. The highest BCUT2D eigenvalue weighted by molar-refractivity contribution is 7.89. The molecule has 7 nitrogen and oxygen atoms in total. The van der Waals surface area contributed by atoms with E-state index in [0.29, 0.717) is 18.5 Å². The molecule has 0 aliphatic carbocycles. The molecule has 0 radical (unpaired) electrons. The molecular formula is C28H22F6N4O3S. The van der Waals surface area contributed by atoms with Gasteiger partial charge in [0.25, 0.3) is 0 Å². The Balaban J connectivity index is 1.40. The van der Waals surface area contributed by atoms with Crippen LogP contribution in [0.1, 0.15) is 28.1 Å². The zero-order chi connectivity index (χ0) is 30.1. The second-order valence-electron chi connectivity index (χ2n) is 9.52. The molecule has 5 rings (SSSR count). The monoisotopic (exact) mass is 608 g/mol. The number of hydrogen-bond donors (Lipinski definition) is 0. The van der Waals surface area contributed by atoms with Crippen molar-refractivity contribution in [2.24, 2.45) is 0 Å². The van der Waals surface area contributed by atoms with Crippen molar-refractivity contribution in [3.05, 3.63) is 101 Å². The van der Waals surface area contributed by atoms with Gasteiger partial charge in [-0.2, -0.15) is 40.6 Å². The minimum Gasteiger partial charge on any atom is -0.454 e. The lowest BCUT2D eigenvalue weighted by Crippen LogP contribution is -2.35. The van der Waals surface area contributed by atoms with Gasteiger partial charge in [-0.15, -0.1) is 0 Å². The zero-order valence-electron chi connectivity index (χ0n) is 21.7. The SMILES string of the molecule is O=S(=O)(c1ccc(Cc2nc(OCC(F)(F)F)nc(-c3cccc(C(F)(F)F)c3)n2)cc1)N1CCc2ccccc2C1. The number of aromatic nitrogens is 3. The number of fused-ring (bicyclic) bond motifs is 1. The van der Waals surface area contributed by atoms with Crippen molar-refractivity contribution in [2.45, 2.75) is 36.6 Å². The molecule has 0 saturated carbocycles. The van der Waals surface area contributed by atoms with Crippen LogP contribution in [0.4, 0.5) is 26.3 Å². The summed E-state index contributed by atoms with van der Waals surface area (Å²) in [6.07, 6.45) is -8.88. The Bertz CT molecular complexity index is 1690. The van der Waals surface area contributed by atoms with Gasteiger partial charge in [-0.25, -0.2) is 13.4 Å². The molecule has 3 aromatic carbocycles. The smallest absolute Gasteiger partial charge is 0.422 e. The van der Waals surface area contributed by atoms with Crippen molar-refractivity contribution in [2.75, 3.05) is 13.2 Å². The summed E-state index contributed by atoms with van der Waals surface area (Å²) in [6, 6.07) is 16.7. The summed E-state index contributed by atoms with van der Waals surface area (Å²) in [5.41, 5.74) is 1.43. The number of ether oxygens (including phenoxy) is 1. The lowest BCUT2D eigenvalue weighted by molar-refractivity contribution is -0.154. The second kappa shape index (κ2) is 11.3. The van der Waals surface area contributed by atoms with E-state index in [0.717, 1.165) is 29.3 Å². The number of benzene rings is 3. The first-order chi connectivity index (χ1) is 19.8. The van der Waals surface area contributed by atoms with Gasteiger partial charge in [-0.1, -0.05) is 48.5 Å². The highest BCUT2D eigenvalue weighted by atomic mass is 32.2. The van der Waals surface area contributed by atoms with Gasteiger partial charge in [0.1, 0.15) is 5.82 Å². The van der Waals surface area contributed by atoms with Crippen LogP contribution in [0, 0.1) is 0 Å². The number of hydrogen-bond acceptors (Lipinski definition) is 6. The molecule has 14 heteroatoms. The average Bonchev–Trinajstić information content (AvgIpc) is 2.95. The van der Waals surface area contributed by atoms with Crippen molar-refractivity contribution in [3.8, 4) is 17.4 Å². The number of alkyl halides is 6. The summed E-state index contributed by atoms with van der Waals surface area (Å²) >= 11 is 0. The van der Waals surface area contributed by atoms with Gasteiger partial charge in [-0.3, -0.25) is 0 Å². The number of sulfonamides is 1. The van der Waals surface area contributed by atoms with Crippen molar-refractivity contribution < 1.29 is 39.5 Å². The van der Waals surface area contributed by atoms with Gasteiger partial charge >= 0.3 is 18.4 Å². The lowest BCUT2D eigenvalue weighted by Gasteiger charge is -2.28. The topological polar surface area (TPSA) is 85.3 Å². The molecule has 0 fully saturated rings. The van der Waals surface area contributed by atoms with Gasteiger partial charge in [-0.05, 0) is 47.4 Å². The maximum Gasteiger partial charge on any atom is 0.422 e. The summed E-state index contributed by atoms with van der Waals surface area (Å²) in [6.45, 7) is -1.15. The van der Waals surface area contributed by atoms with E-state index in [1.165, 1.54) is 34.6 Å². The van der Waals surface area contributed by atoms with Crippen molar-refractivity contribution >= 4 is 10.0 Å². The Labute approximate surface area is 236 Å². The van der Waals surface area contributed by atoms with Crippen molar-refractivity contribution in [1.29, 1.82) is 0 Å². The van der Waals surface area contributed by atoms with E-state index in [-0.39, 0.29) is 35.1 Å². The number of rotatable bonds is 7. The molecule has 1 aliphatic rings. The first-order valence-electron chi connectivity index (χ1n) is 12.6. The van der Waals surface area contributed by atoms with Crippen LogP contribution in [-0.4, -0.2) is 47.0 Å². The van der Waals surface area contributed by atoms with E-state index < -0.39 is 40.6 Å². The van der Waals surface area contributed by atoms with Gasteiger partial charge in [0.05, 0.1) is 10.5 Å². The summed E-state index contributed by atoms with van der Waals surface area (Å²) in [4.78, 5) is 11.9. The third-order valence-electron chi connectivity index (χ3n) is 6.49. The molecule has 1 aromatic heterocycles. The van der Waals surface area contributed by atoms with Crippen LogP contribution in [-0.2, 0) is 35.6 Å². The number of nitrogens with zero attached hydrogens (tertiary/aromatic N) is 4. The predicted molar refractivity (Wildman–Crippen MR) is 139 cm³/mol. The third-order valence-corrected chi connectivity index (χ3v) is 8.35. The second-order valence-corrected chi connectivity index (χ2v) is 11.5. The van der Waals surface area contributed by atoms with Crippen molar-refractivity contribution in [1.82, 2.24) is 19.3 Å². The minimum absolute atomic E-state index is 0.0557. The normalized spacial score (nSPS) is 14.4. The third kappa shape index (κ3) is 6.87. The van der Waals surface area contributed by atoms with Gasteiger partial charge in [0.15, 0.2) is 12.4 Å². The Morgan fingerprint density at radius 1 is 0.833 bits per heavy atom. The maximum absolute atomic E-state index is 13.3. The molecule has 0 N–H and O–H groups in total. The average molecular weight is 609 g/mol. The molecule has 4 aromatic rings. The van der Waals surface area contributed by atoms with Crippen molar-refractivity contribution in [3.63, 3.8) is 0 Å². The van der Waals surface area contributed by atoms with Gasteiger partial charge < -0.3 is 4.74 Å². The quantitative estimate of drug-likeness (QED) is 0.245. The molecule has 1 aliphatic heterocycles. The first-order valence-corrected chi connectivity index (χ1v) is 14.0. The first kappa shape index (κ1) is 29.5. The van der Waals surface area contributed by atoms with E-state index >= 15 is 0 Å². The van der Waals surface area contributed by atoms with Crippen LogP contribution in [0.3, 0.4) is 0 Å². The Hall–Kier alpha value is -4.04. The largest absolute Gasteiger partial charge is 0.454 e. The summed E-state index contributed by atoms with van der Waals surface area (Å²) in [5.74, 6) is -0.398. The summed E-state index contributed by atoms with van der Waals surface area (Å²) in [5, 5.41) is 0. The Morgan fingerprint density at radius 3 is 2.24 bits per heavy atom. The van der Waals surface area contributed by atoms with Gasteiger partial charge in [0.2, 0.25) is 10.0 Å². The van der Waals surface area contributed by atoms with E-state index in [9.17, 15) is 34.8 Å². The standard InChI is InChI=1S/C28H22F6N4O3S/c29-27(30,31)17-41-26-36-24(35-25(37-26)20-6-3-7-22(15-20)28(32,33)34)14-18-8-10-23(11-9-18)42(39,40)38-13-12-19-4-1-2-5-21(19)16-38/h1-11,15H,12-14,16-17H2. The molecule has 220 valence electrons. The fraction of sp³-hybridized carbons (Fsp3) is 0.250. The molecule has 0 spiro atoms. The van der Waals surface area contributed by atoms with Crippen LogP contribution in [0.2, 0.25) is 0 Å². The fourth-order valence-corrected chi connectivity index (χ4v) is 5.86. The van der Waals surface area contributed by atoms with E-state index in [1.54, 1.807) is 0 Å². The highest BCUT2D eigenvalue weighted by Gasteiger charge is 2.32. The van der Waals surface area contributed by atoms with E-state index in [2.05, 4.69) is 19.7 Å². The molecule has 0 atom stereocenters. The van der Waals surface area contributed by atoms with Crippen LogP contribution < -0.4 is 4.74 Å². The fourth-order valence-electron chi connectivity index (χ4n) is 4.44. The molecule has 42 heavy (non-hydrogen) atoms. The van der Waals surface area contributed by atoms with E-state index in [4.69, 9.17) is 0 Å². The molecule has 0 amide bonds. The van der Waals surface area contributed by atoms with Gasteiger partial charge in [0, 0.05) is 25.1 Å². The lowest BCUT2D eigenvalue weighted by atomic mass is 10.0. The Morgan fingerprint density at radius 2 is 1.55 bits per heavy atom. The van der Waals surface area contributed by atoms with Crippen LogP contribution in [0.15, 0.2) is 77.7 Å². The zero-order valence-corrected chi connectivity index (χ0v) is 22.5. The van der Waals surface area contributed by atoms with Crippen LogP contribution in [0.5, 0.6) is 6.01 Å². The maximum atomic E-state index is 13.3.